The minimum atomic E-state index is -0.341. The van der Waals surface area contributed by atoms with Crippen LogP contribution in [0.2, 0.25) is 5.02 Å². The van der Waals surface area contributed by atoms with Gasteiger partial charge in [-0.15, -0.1) is 0 Å². The predicted octanol–water partition coefficient (Wildman–Crippen LogP) is 3.66. The average Bonchev–Trinajstić information content (AvgIpc) is 2.27. The van der Waals surface area contributed by atoms with Crippen molar-refractivity contribution in [2.45, 2.75) is 24.3 Å². The van der Waals surface area contributed by atoms with Crippen LogP contribution < -0.4 is 0 Å². The maximum atomic E-state index is 12.8. The highest BCUT2D eigenvalue weighted by atomic mass is 35.5. The largest absolute Gasteiger partial charge is 0.469 e. The van der Waals surface area contributed by atoms with Crippen molar-refractivity contribution in [2.75, 3.05) is 7.11 Å². The molecule has 0 radical (unpaired) electrons. The number of halogens is 2. The number of esters is 1. The topological polar surface area (TPSA) is 26.3 Å². The second-order valence-corrected chi connectivity index (χ2v) is 5.47. The van der Waals surface area contributed by atoms with Crippen LogP contribution >= 0.6 is 23.4 Å². The van der Waals surface area contributed by atoms with Crippen molar-refractivity contribution >= 4 is 29.3 Å². The molecule has 0 aliphatic carbocycles. The summed E-state index contributed by atoms with van der Waals surface area (Å²) in [5.74, 6) is 0.0821. The van der Waals surface area contributed by atoms with Gasteiger partial charge in [0.25, 0.3) is 0 Å². The SMILES string of the molecule is COC(=O)CC(C)SCc1ccc(F)cc1Cl. The van der Waals surface area contributed by atoms with E-state index in [4.69, 9.17) is 11.6 Å². The van der Waals surface area contributed by atoms with Crippen LogP contribution in [0.5, 0.6) is 0 Å². The Labute approximate surface area is 109 Å². The van der Waals surface area contributed by atoms with E-state index >= 15 is 0 Å². The lowest BCUT2D eigenvalue weighted by molar-refractivity contribution is -0.140. The highest BCUT2D eigenvalue weighted by molar-refractivity contribution is 7.99. The standard InChI is InChI=1S/C12H14ClFO2S/c1-8(5-12(15)16-2)17-7-9-3-4-10(14)6-11(9)13/h3-4,6,8H,5,7H2,1-2H3. The molecule has 0 aliphatic rings. The summed E-state index contributed by atoms with van der Waals surface area (Å²) in [7, 11) is 1.37. The van der Waals surface area contributed by atoms with Gasteiger partial charge in [0.2, 0.25) is 0 Å². The van der Waals surface area contributed by atoms with Gasteiger partial charge in [0.1, 0.15) is 5.82 Å². The first-order valence-electron chi connectivity index (χ1n) is 5.15. The number of thioether (sulfide) groups is 1. The summed E-state index contributed by atoms with van der Waals surface area (Å²) in [6.07, 6.45) is 0.361. The number of ether oxygens (including phenoxy) is 1. The van der Waals surface area contributed by atoms with Crippen LogP contribution in [0.1, 0.15) is 18.9 Å². The van der Waals surface area contributed by atoms with Gasteiger partial charge in [-0.2, -0.15) is 11.8 Å². The molecule has 94 valence electrons. The summed E-state index contributed by atoms with van der Waals surface area (Å²) in [5.41, 5.74) is 0.870. The molecular weight excluding hydrogens is 263 g/mol. The van der Waals surface area contributed by atoms with Crippen LogP contribution in [0, 0.1) is 5.82 Å². The molecule has 2 nitrogen and oxygen atoms in total. The third-order valence-corrected chi connectivity index (χ3v) is 3.79. The summed E-state index contributed by atoms with van der Waals surface area (Å²) >= 11 is 7.49. The molecule has 0 fully saturated rings. The van der Waals surface area contributed by atoms with Crippen LogP contribution in [0.4, 0.5) is 4.39 Å². The Bertz CT molecular complexity index is 398. The molecule has 0 aromatic heterocycles. The van der Waals surface area contributed by atoms with Gasteiger partial charge < -0.3 is 4.74 Å². The summed E-state index contributed by atoms with van der Waals surface area (Å²) in [6.45, 7) is 1.94. The Morgan fingerprint density at radius 3 is 2.88 bits per heavy atom. The van der Waals surface area contributed by atoms with Gasteiger partial charge in [-0.25, -0.2) is 4.39 Å². The van der Waals surface area contributed by atoms with E-state index in [-0.39, 0.29) is 17.0 Å². The van der Waals surface area contributed by atoms with Crippen molar-refractivity contribution in [2.24, 2.45) is 0 Å². The molecule has 0 bridgehead atoms. The van der Waals surface area contributed by atoms with Gasteiger partial charge in [-0.05, 0) is 17.7 Å². The maximum absolute atomic E-state index is 12.8. The molecule has 0 spiro atoms. The molecule has 0 aliphatic heterocycles. The number of carbonyl (C=O) groups excluding carboxylic acids is 1. The van der Waals surface area contributed by atoms with Crippen molar-refractivity contribution in [1.29, 1.82) is 0 Å². The molecule has 1 aromatic carbocycles. The van der Waals surface area contributed by atoms with Gasteiger partial charge in [-0.1, -0.05) is 24.6 Å². The highest BCUT2D eigenvalue weighted by Crippen LogP contribution is 2.25. The number of benzene rings is 1. The number of methoxy groups -OCH3 is 1. The Hall–Kier alpha value is -0.740. The fourth-order valence-electron chi connectivity index (χ4n) is 1.25. The molecule has 0 amide bonds. The lowest BCUT2D eigenvalue weighted by atomic mass is 10.2. The molecule has 1 rings (SSSR count). The van der Waals surface area contributed by atoms with Crippen LogP contribution in [0.3, 0.4) is 0 Å². The zero-order valence-electron chi connectivity index (χ0n) is 9.70. The lowest BCUT2D eigenvalue weighted by Gasteiger charge is -2.10. The molecule has 1 atom stereocenters. The summed E-state index contributed by atoms with van der Waals surface area (Å²) in [6, 6.07) is 4.34. The van der Waals surface area contributed by atoms with Crippen molar-refractivity contribution in [3.05, 3.63) is 34.6 Å². The van der Waals surface area contributed by atoms with Crippen LogP contribution in [0.25, 0.3) is 0 Å². The fourth-order valence-corrected chi connectivity index (χ4v) is 2.53. The van der Waals surface area contributed by atoms with E-state index in [0.29, 0.717) is 17.2 Å². The van der Waals surface area contributed by atoms with E-state index in [1.54, 1.807) is 17.8 Å². The minimum Gasteiger partial charge on any atom is -0.469 e. The van der Waals surface area contributed by atoms with Crippen molar-refractivity contribution in [3.63, 3.8) is 0 Å². The summed E-state index contributed by atoms with van der Waals surface area (Å²) in [4.78, 5) is 11.0. The third-order valence-electron chi connectivity index (χ3n) is 2.22. The molecule has 5 heteroatoms. The summed E-state index contributed by atoms with van der Waals surface area (Å²) in [5, 5.41) is 0.561. The van der Waals surface area contributed by atoms with Gasteiger partial charge in [0, 0.05) is 16.0 Å². The number of carbonyl (C=O) groups is 1. The molecule has 0 N–H and O–H groups in total. The fraction of sp³-hybridized carbons (Fsp3) is 0.417. The zero-order chi connectivity index (χ0) is 12.8. The predicted molar refractivity (Wildman–Crippen MR) is 68.8 cm³/mol. The minimum absolute atomic E-state index is 0.142. The van der Waals surface area contributed by atoms with E-state index in [9.17, 15) is 9.18 Å². The first-order chi connectivity index (χ1) is 8.02. The smallest absolute Gasteiger partial charge is 0.306 e. The van der Waals surface area contributed by atoms with Crippen molar-refractivity contribution < 1.29 is 13.9 Å². The molecule has 17 heavy (non-hydrogen) atoms. The lowest BCUT2D eigenvalue weighted by Crippen LogP contribution is -2.08. The first-order valence-corrected chi connectivity index (χ1v) is 6.58. The van der Waals surface area contributed by atoms with Gasteiger partial charge >= 0.3 is 5.97 Å². The molecule has 1 unspecified atom stereocenters. The van der Waals surface area contributed by atoms with Gasteiger partial charge in [-0.3, -0.25) is 4.79 Å². The summed E-state index contributed by atoms with van der Waals surface area (Å²) < 4.78 is 17.4. The molecule has 0 saturated carbocycles. The number of hydrogen-bond donors (Lipinski definition) is 0. The van der Waals surface area contributed by atoms with E-state index in [1.165, 1.54) is 19.2 Å². The highest BCUT2D eigenvalue weighted by Gasteiger charge is 2.11. The molecule has 1 aromatic rings. The van der Waals surface area contributed by atoms with E-state index in [2.05, 4.69) is 4.74 Å². The first kappa shape index (κ1) is 14.3. The Kier molecular flexibility index (Phi) is 5.78. The van der Waals surface area contributed by atoms with Crippen LogP contribution in [-0.4, -0.2) is 18.3 Å². The molecule has 0 saturated heterocycles. The van der Waals surface area contributed by atoms with Crippen LogP contribution in [0.15, 0.2) is 18.2 Å². The number of rotatable bonds is 5. The third kappa shape index (κ3) is 4.96. The quantitative estimate of drug-likeness (QED) is 0.768. The Morgan fingerprint density at radius 1 is 1.59 bits per heavy atom. The van der Waals surface area contributed by atoms with Gasteiger partial charge in [0.05, 0.1) is 13.5 Å². The van der Waals surface area contributed by atoms with E-state index in [1.807, 2.05) is 6.92 Å². The second-order valence-electron chi connectivity index (χ2n) is 3.64. The maximum Gasteiger partial charge on any atom is 0.306 e. The Balaban J connectivity index is 2.47. The van der Waals surface area contributed by atoms with Crippen LogP contribution in [-0.2, 0) is 15.3 Å². The second kappa shape index (κ2) is 6.87. The molecule has 0 heterocycles. The number of hydrogen-bond acceptors (Lipinski definition) is 3. The van der Waals surface area contributed by atoms with Gasteiger partial charge in [0.15, 0.2) is 0 Å². The normalized spacial score (nSPS) is 12.2. The zero-order valence-corrected chi connectivity index (χ0v) is 11.3. The Morgan fingerprint density at radius 2 is 2.29 bits per heavy atom. The monoisotopic (exact) mass is 276 g/mol. The van der Waals surface area contributed by atoms with E-state index in [0.717, 1.165) is 5.56 Å². The van der Waals surface area contributed by atoms with Crippen molar-refractivity contribution in [1.82, 2.24) is 0 Å². The molecular formula is C12H14ClFO2S. The van der Waals surface area contributed by atoms with E-state index < -0.39 is 0 Å². The van der Waals surface area contributed by atoms with Crippen molar-refractivity contribution in [3.8, 4) is 0 Å². The average molecular weight is 277 g/mol.